The predicted molar refractivity (Wildman–Crippen MR) is 121 cm³/mol. The van der Waals surface area contributed by atoms with Gasteiger partial charge in [-0.1, -0.05) is 0 Å². The summed E-state index contributed by atoms with van der Waals surface area (Å²) in [7, 11) is 0. The zero-order valence-corrected chi connectivity index (χ0v) is 19.4. The number of carboxylic acid groups (broad SMARTS) is 3. The van der Waals surface area contributed by atoms with Crippen molar-refractivity contribution >= 4 is 48.3 Å². The van der Waals surface area contributed by atoms with Crippen molar-refractivity contribution in [1.82, 2.24) is 25.9 Å². The second-order valence-electron chi connectivity index (χ2n) is 7.46. The van der Waals surface area contributed by atoms with Crippen molar-refractivity contribution in [2.45, 2.75) is 56.3 Å². The van der Waals surface area contributed by atoms with Gasteiger partial charge in [-0.2, -0.15) is 12.6 Å². The number of thiol groups is 1. The van der Waals surface area contributed by atoms with Crippen molar-refractivity contribution in [3.63, 3.8) is 0 Å². The molecule has 9 N–H and O–H groups in total. The molecule has 4 unspecified atom stereocenters. The molecule has 0 aliphatic carbocycles. The molecule has 16 heteroatoms. The number of amides is 3. The fourth-order valence-electron chi connectivity index (χ4n) is 2.78. The molecule has 1 aromatic heterocycles. The Balaban J connectivity index is 2.90. The molecular formula is C19H28N6O9S. The quantitative estimate of drug-likeness (QED) is 0.104. The van der Waals surface area contributed by atoms with Crippen molar-refractivity contribution in [3.05, 3.63) is 18.2 Å². The van der Waals surface area contributed by atoms with Gasteiger partial charge in [-0.25, -0.2) is 9.78 Å². The lowest BCUT2D eigenvalue weighted by molar-refractivity contribution is -0.143. The van der Waals surface area contributed by atoms with Crippen molar-refractivity contribution in [2.24, 2.45) is 5.73 Å². The normalized spacial score (nSPS) is 14.1. The van der Waals surface area contributed by atoms with E-state index in [1.54, 1.807) is 0 Å². The molecular weight excluding hydrogens is 488 g/mol. The summed E-state index contributed by atoms with van der Waals surface area (Å²) in [6.07, 6.45) is 1.25. The fraction of sp³-hybridized carbons (Fsp3) is 0.526. The number of carbonyl (C=O) groups is 6. The molecule has 1 heterocycles. The third kappa shape index (κ3) is 10.9. The first-order valence-corrected chi connectivity index (χ1v) is 11.0. The molecule has 0 radical (unpaired) electrons. The minimum absolute atomic E-state index is 0.0828. The van der Waals surface area contributed by atoms with Crippen LogP contribution in [0.4, 0.5) is 0 Å². The zero-order chi connectivity index (χ0) is 26.5. The van der Waals surface area contributed by atoms with Crippen LogP contribution < -0.4 is 21.7 Å². The summed E-state index contributed by atoms with van der Waals surface area (Å²) in [5.41, 5.74) is 6.15. The van der Waals surface area contributed by atoms with E-state index in [0.717, 1.165) is 0 Å². The number of imidazole rings is 1. The third-order valence-electron chi connectivity index (χ3n) is 4.69. The van der Waals surface area contributed by atoms with Crippen molar-refractivity contribution in [3.8, 4) is 0 Å². The molecule has 0 aliphatic heterocycles. The molecule has 0 spiro atoms. The van der Waals surface area contributed by atoms with Crippen LogP contribution >= 0.6 is 12.6 Å². The number of H-pyrrole nitrogens is 1. The number of aliphatic carboxylic acids is 3. The van der Waals surface area contributed by atoms with Gasteiger partial charge in [0.15, 0.2) is 0 Å². The van der Waals surface area contributed by atoms with Gasteiger partial charge in [0, 0.05) is 36.9 Å². The average Bonchev–Trinajstić information content (AvgIpc) is 3.30. The molecule has 35 heavy (non-hydrogen) atoms. The van der Waals surface area contributed by atoms with E-state index in [-0.39, 0.29) is 31.4 Å². The smallest absolute Gasteiger partial charge is 0.326 e. The summed E-state index contributed by atoms with van der Waals surface area (Å²) in [4.78, 5) is 77.1. The summed E-state index contributed by atoms with van der Waals surface area (Å²) in [6.45, 7) is 0. The molecule has 0 aliphatic rings. The van der Waals surface area contributed by atoms with E-state index in [1.165, 1.54) is 12.5 Å². The van der Waals surface area contributed by atoms with Gasteiger partial charge < -0.3 is 42.0 Å². The van der Waals surface area contributed by atoms with E-state index in [0.29, 0.717) is 5.69 Å². The SMILES string of the molecule is NC(CCC(=O)O)C(=O)NC(Cc1cnc[nH]1)C(=O)NC(CS)C(=O)NC(CCC(=O)O)C(=O)O. The van der Waals surface area contributed by atoms with E-state index < -0.39 is 66.2 Å². The maximum absolute atomic E-state index is 12.9. The molecule has 0 saturated heterocycles. The second kappa shape index (κ2) is 14.6. The largest absolute Gasteiger partial charge is 0.481 e. The van der Waals surface area contributed by atoms with Crippen LogP contribution in [0.15, 0.2) is 12.5 Å². The molecule has 194 valence electrons. The molecule has 3 amide bonds. The Morgan fingerprint density at radius 3 is 1.94 bits per heavy atom. The molecule has 0 fully saturated rings. The zero-order valence-electron chi connectivity index (χ0n) is 18.5. The van der Waals surface area contributed by atoms with Crippen LogP contribution in [0.2, 0.25) is 0 Å². The second-order valence-corrected chi connectivity index (χ2v) is 7.82. The van der Waals surface area contributed by atoms with Crippen LogP contribution in [0.3, 0.4) is 0 Å². The maximum atomic E-state index is 12.9. The Labute approximate surface area is 204 Å². The first-order valence-electron chi connectivity index (χ1n) is 10.4. The highest BCUT2D eigenvalue weighted by Crippen LogP contribution is 2.04. The Morgan fingerprint density at radius 2 is 1.43 bits per heavy atom. The standard InChI is InChI=1S/C19H28N6O9S/c20-10(1-3-14(26)27)16(30)24-12(5-9-6-21-8-22-9)17(31)25-13(7-35)18(32)23-11(19(33)34)2-4-15(28)29/h6,8,10-13,35H,1-5,7,20H2,(H,21,22)(H,23,32)(H,24,30)(H,25,31)(H,26,27)(H,28,29)(H,33,34). The van der Waals surface area contributed by atoms with Gasteiger partial charge in [0.2, 0.25) is 17.7 Å². The summed E-state index contributed by atoms with van der Waals surface area (Å²) >= 11 is 4.00. The van der Waals surface area contributed by atoms with Crippen LogP contribution in [0.25, 0.3) is 0 Å². The Hall–Kier alpha value is -3.66. The Bertz CT molecular complexity index is 911. The lowest BCUT2D eigenvalue weighted by atomic mass is 10.1. The number of nitrogens with zero attached hydrogens (tertiary/aromatic N) is 1. The molecule has 15 nitrogen and oxygen atoms in total. The van der Waals surface area contributed by atoms with E-state index in [2.05, 4.69) is 38.5 Å². The minimum atomic E-state index is -1.51. The summed E-state index contributed by atoms with van der Waals surface area (Å²) in [5.74, 6) is -6.64. The number of carbonyl (C=O) groups excluding carboxylic acids is 3. The first kappa shape index (κ1) is 29.4. The number of carboxylic acids is 3. The highest BCUT2D eigenvalue weighted by atomic mass is 32.1. The minimum Gasteiger partial charge on any atom is -0.481 e. The Kier molecular flexibility index (Phi) is 12.2. The summed E-state index contributed by atoms with van der Waals surface area (Å²) < 4.78 is 0. The van der Waals surface area contributed by atoms with Crippen molar-refractivity contribution in [2.75, 3.05) is 5.75 Å². The summed E-state index contributed by atoms with van der Waals surface area (Å²) in [5, 5.41) is 33.6. The molecule has 0 saturated carbocycles. The van der Waals surface area contributed by atoms with Crippen molar-refractivity contribution < 1.29 is 44.1 Å². The van der Waals surface area contributed by atoms with Gasteiger partial charge in [-0.15, -0.1) is 0 Å². The van der Waals surface area contributed by atoms with Gasteiger partial charge >= 0.3 is 17.9 Å². The van der Waals surface area contributed by atoms with E-state index in [9.17, 15) is 33.9 Å². The van der Waals surface area contributed by atoms with E-state index in [4.69, 9.17) is 15.9 Å². The topological polar surface area (TPSA) is 254 Å². The van der Waals surface area contributed by atoms with E-state index in [1.807, 2.05) is 0 Å². The third-order valence-corrected chi connectivity index (χ3v) is 5.06. The fourth-order valence-corrected chi connectivity index (χ4v) is 3.04. The lowest BCUT2D eigenvalue weighted by Crippen LogP contribution is -2.58. The van der Waals surface area contributed by atoms with Crippen LogP contribution in [-0.4, -0.2) is 90.8 Å². The summed E-state index contributed by atoms with van der Waals surface area (Å²) in [6, 6.07) is -5.29. The number of aromatic amines is 1. The number of hydrogen-bond acceptors (Lipinski definition) is 9. The maximum Gasteiger partial charge on any atom is 0.326 e. The molecule has 1 aromatic rings. The van der Waals surface area contributed by atoms with Crippen LogP contribution in [-0.2, 0) is 35.2 Å². The van der Waals surface area contributed by atoms with Crippen molar-refractivity contribution in [1.29, 1.82) is 0 Å². The van der Waals surface area contributed by atoms with Gasteiger partial charge in [0.25, 0.3) is 0 Å². The lowest BCUT2D eigenvalue weighted by Gasteiger charge is -2.24. The van der Waals surface area contributed by atoms with Gasteiger partial charge in [-0.3, -0.25) is 24.0 Å². The Morgan fingerprint density at radius 1 is 0.886 bits per heavy atom. The van der Waals surface area contributed by atoms with Gasteiger partial charge in [-0.05, 0) is 12.8 Å². The van der Waals surface area contributed by atoms with Crippen LogP contribution in [0.1, 0.15) is 31.4 Å². The number of hydrogen-bond donors (Lipinski definition) is 9. The number of nitrogens with two attached hydrogens (primary N) is 1. The molecule has 4 atom stereocenters. The number of rotatable bonds is 16. The van der Waals surface area contributed by atoms with Gasteiger partial charge in [0.05, 0.1) is 12.4 Å². The molecule has 0 aromatic carbocycles. The average molecular weight is 517 g/mol. The first-order chi connectivity index (χ1) is 16.4. The highest BCUT2D eigenvalue weighted by molar-refractivity contribution is 7.80. The highest BCUT2D eigenvalue weighted by Gasteiger charge is 2.30. The monoisotopic (exact) mass is 516 g/mol. The number of nitrogens with one attached hydrogen (secondary N) is 4. The van der Waals surface area contributed by atoms with E-state index >= 15 is 0 Å². The number of aromatic nitrogens is 2. The van der Waals surface area contributed by atoms with Crippen LogP contribution in [0.5, 0.6) is 0 Å². The van der Waals surface area contributed by atoms with Gasteiger partial charge in [0.1, 0.15) is 18.1 Å². The van der Waals surface area contributed by atoms with Crippen LogP contribution in [0, 0.1) is 0 Å². The molecule has 1 rings (SSSR count). The predicted octanol–water partition coefficient (Wildman–Crippen LogP) is -2.52. The molecule has 0 bridgehead atoms.